The Bertz CT molecular complexity index is 299. The smallest absolute Gasteiger partial charge is 0.123 e. The van der Waals surface area contributed by atoms with Crippen molar-refractivity contribution in [3.05, 3.63) is 23.4 Å². The summed E-state index contributed by atoms with van der Waals surface area (Å²) < 4.78 is 0. The molecule has 0 radical (unpaired) electrons. The number of aromatic nitrogens is 1. The minimum atomic E-state index is -0.580. The maximum Gasteiger partial charge on any atom is 0.123 e. The molecule has 0 amide bonds. The number of aliphatic hydroxyl groups is 1. The predicted molar refractivity (Wildman–Crippen MR) is 52.0 cm³/mol. The number of anilines is 1. The minimum Gasteiger partial charge on any atom is -0.391 e. The summed E-state index contributed by atoms with van der Waals surface area (Å²) in [5.74, 6) is 0.471. The van der Waals surface area contributed by atoms with Crippen LogP contribution in [-0.4, -0.2) is 16.2 Å². The number of hydrogen-bond acceptors (Lipinski definition) is 4. The zero-order valence-electron chi connectivity index (χ0n) is 7.86. The van der Waals surface area contributed by atoms with E-state index in [-0.39, 0.29) is 0 Å². The van der Waals surface area contributed by atoms with E-state index in [1.807, 2.05) is 6.92 Å². The Morgan fingerprint density at radius 1 is 1.54 bits per heavy atom. The predicted octanol–water partition coefficient (Wildman–Crippen LogP) is 0.353. The van der Waals surface area contributed by atoms with Gasteiger partial charge in [-0.2, -0.15) is 0 Å². The van der Waals surface area contributed by atoms with Crippen molar-refractivity contribution in [3.8, 4) is 0 Å². The SMILES string of the molecule is Cc1cc(N)ncc1[C@@H](N)[C@H](C)O. The molecule has 0 aliphatic carbocycles. The zero-order chi connectivity index (χ0) is 10.0. The lowest BCUT2D eigenvalue weighted by atomic mass is 10.0. The zero-order valence-corrected chi connectivity index (χ0v) is 7.86. The quantitative estimate of drug-likeness (QED) is 0.614. The van der Waals surface area contributed by atoms with Crippen molar-refractivity contribution in [2.45, 2.75) is 26.0 Å². The summed E-state index contributed by atoms with van der Waals surface area (Å²) in [7, 11) is 0. The average Bonchev–Trinajstić information content (AvgIpc) is 2.03. The Morgan fingerprint density at radius 3 is 2.62 bits per heavy atom. The van der Waals surface area contributed by atoms with Gasteiger partial charge in [0.05, 0.1) is 12.1 Å². The monoisotopic (exact) mass is 181 g/mol. The van der Waals surface area contributed by atoms with Gasteiger partial charge < -0.3 is 16.6 Å². The van der Waals surface area contributed by atoms with Crippen molar-refractivity contribution in [3.63, 3.8) is 0 Å². The van der Waals surface area contributed by atoms with E-state index in [4.69, 9.17) is 11.5 Å². The molecule has 0 spiro atoms. The number of aryl methyl sites for hydroxylation is 1. The first-order chi connectivity index (χ1) is 6.02. The van der Waals surface area contributed by atoms with Crippen LogP contribution in [0.25, 0.3) is 0 Å². The van der Waals surface area contributed by atoms with Crippen LogP contribution in [0.1, 0.15) is 24.1 Å². The number of nitrogens with two attached hydrogens (primary N) is 2. The molecule has 0 fully saturated rings. The Balaban J connectivity index is 3.01. The van der Waals surface area contributed by atoms with E-state index in [1.165, 1.54) is 0 Å². The third kappa shape index (κ3) is 2.17. The van der Waals surface area contributed by atoms with Crippen LogP contribution in [0.2, 0.25) is 0 Å². The second-order valence-corrected chi connectivity index (χ2v) is 3.23. The van der Waals surface area contributed by atoms with Gasteiger partial charge in [0.25, 0.3) is 0 Å². The maximum atomic E-state index is 9.28. The molecule has 4 heteroatoms. The van der Waals surface area contributed by atoms with Crippen LogP contribution >= 0.6 is 0 Å². The van der Waals surface area contributed by atoms with Crippen LogP contribution in [0.3, 0.4) is 0 Å². The standard InChI is InChI=1S/C9H15N3O/c1-5-3-8(10)12-4-7(5)9(11)6(2)13/h3-4,6,9,13H,11H2,1-2H3,(H2,10,12)/t6-,9-/m0/s1. The molecule has 5 N–H and O–H groups in total. The molecule has 1 aromatic heterocycles. The van der Waals surface area contributed by atoms with Crippen molar-refractivity contribution in [1.82, 2.24) is 4.98 Å². The van der Waals surface area contributed by atoms with Gasteiger partial charge in [-0.25, -0.2) is 4.98 Å². The molecule has 0 aromatic carbocycles. The second kappa shape index (κ2) is 3.72. The molecule has 1 heterocycles. The average molecular weight is 181 g/mol. The molecular formula is C9H15N3O. The van der Waals surface area contributed by atoms with Crippen LogP contribution in [-0.2, 0) is 0 Å². The fraction of sp³-hybridized carbons (Fsp3) is 0.444. The van der Waals surface area contributed by atoms with Gasteiger partial charge in [0, 0.05) is 6.20 Å². The van der Waals surface area contributed by atoms with Crippen LogP contribution < -0.4 is 11.5 Å². The summed E-state index contributed by atoms with van der Waals surface area (Å²) in [6.07, 6.45) is 1.03. The van der Waals surface area contributed by atoms with Crippen molar-refractivity contribution in [2.24, 2.45) is 5.73 Å². The Labute approximate surface area is 77.6 Å². The molecule has 72 valence electrons. The first-order valence-corrected chi connectivity index (χ1v) is 4.18. The van der Waals surface area contributed by atoms with Gasteiger partial charge >= 0.3 is 0 Å². The Morgan fingerprint density at radius 2 is 2.15 bits per heavy atom. The number of hydrogen-bond donors (Lipinski definition) is 3. The van der Waals surface area contributed by atoms with E-state index in [9.17, 15) is 5.11 Å². The van der Waals surface area contributed by atoms with Crippen LogP contribution in [0.15, 0.2) is 12.3 Å². The summed E-state index contributed by atoms with van der Waals surface area (Å²) >= 11 is 0. The van der Waals surface area contributed by atoms with Crippen LogP contribution in [0, 0.1) is 6.92 Å². The molecule has 4 nitrogen and oxygen atoms in total. The van der Waals surface area contributed by atoms with Crippen molar-refractivity contribution < 1.29 is 5.11 Å². The lowest BCUT2D eigenvalue weighted by Gasteiger charge is -2.16. The van der Waals surface area contributed by atoms with Crippen LogP contribution in [0.5, 0.6) is 0 Å². The molecule has 13 heavy (non-hydrogen) atoms. The summed E-state index contributed by atoms with van der Waals surface area (Å²) in [6, 6.07) is 1.35. The summed E-state index contributed by atoms with van der Waals surface area (Å²) in [4.78, 5) is 3.93. The summed E-state index contributed by atoms with van der Waals surface area (Å²) in [5, 5.41) is 9.28. The molecule has 0 saturated heterocycles. The molecule has 0 bridgehead atoms. The van der Waals surface area contributed by atoms with Crippen LogP contribution in [0.4, 0.5) is 5.82 Å². The molecule has 0 aliphatic rings. The van der Waals surface area contributed by atoms with Gasteiger partial charge in [-0.1, -0.05) is 0 Å². The van der Waals surface area contributed by atoms with Gasteiger partial charge in [0.1, 0.15) is 5.82 Å². The highest BCUT2D eigenvalue weighted by molar-refractivity contribution is 5.37. The largest absolute Gasteiger partial charge is 0.391 e. The van der Waals surface area contributed by atoms with Crippen molar-refractivity contribution >= 4 is 5.82 Å². The Hall–Kier alpha value is -1.13. The maximum absolute atomic E-state index is 9.28. The lowest BCUT2D eigenvalue weighted by molar-refractivity contribution is 0.164. The summed E-state index contributed by atoms with van der Waals surface area (Å²) in [5.41, 5.74) is 13.0. The fourth-order valence-electron chi connectivity index (χ4n) is 1.20. The second-order valence-electron chi connectivity index (χ2n) is 3.23. The van der Waals surface area contributed by atoms with E-state index >= 15 is 0 Å². The van der Waals surface area contributed by atoms with E-state index in [0.717, 1.165) is 11.1 Å². The Kier molecular flexibility index (Phi) is 2.85. The number of rotatable bonds is 2. The fourth-order valence-corrected chi connectivity index (χ4v) is 1.20. The van der Waals surface area contributed by atoms with Crippen molar-refractivity contribution in [2.75, 3.05) is 5.73 Å². The van der Waals surface area contributed by atoms with E-state index in [0.29, 0.717) is 5.82 Å². The first-order valence-electron chi connectivity index (χ1n) is 4.18. The first kappa shape index (κ1) is 9.95. The van der Waals surface area contributed by atoms with E-state index < -0.39 is 12.1 Å². The van der Waals surface area contributed by atoms with Gasteiger partial charge in [-0.15, -0.1) is 0 Å². The topological polar surface area (TPSA) is 85.2 Å². The highest BCUT2D eigenvalue weighted by Gasteiger charge is 2.14. The molecular weight excluding hydrogens is 166 g/mol. The molecule has 1 aromatic rings. The van der Waals surface area contributed by atoms with Gasteiger partial charge in [-0.05, 0) is 31.0 Å². The van der Waals surface area contributed by atoms with Gasteiger partial charge in [-0.3, -0.25) is 0 Å². The molecule has 2 atom stereocenters. The van der Waals surface area contributed by atoms with E-state index in [1.54, 1.807) is 19.2 Å². The molecule has 0 aliphatic heterocycles. The third-order valence-electron chi connectivity index (χ3n) is 2.05. The molecule has 0 unspecified atom stereocenters. The van der Waals surface area contributed by atoms with E-state index in [2.05, 4.69) is 4.98 Å². The molecule has 1 rings (SSSR count). The minimum absolute atomic E-state index is 0.395. The highest BCUT2D eigenvalue weighted by Crippen LogP contribution is 2.18. The lowest BCUT2D eigenvalue weighted by Crippen LogP contribution is -2.24. The normalized spacial score (nSPS) is 15.4. The van der Waals surface area contributed by atoms with Crippen molar-refractivity contribution in [1.29, 1.82) is 0 Å². The number of nitrogens with zero attached hydrogens (tertiary/aromatic N) is 1. The highest BCUT2D eigenvalue weighted by atomic mass is 16.3. The number of nitrogen functional groups attached to an aromatic ring is 1. The van der Waals surface area contributed by atoms with Gasteiger partial charge in [0.15, 0.2) is 0 Å². The number of aliphatic hydroxyl groups excluding tert-OH is 1. The summed E-state index contributed by atoms with van der Waals surface area (Å²) in [6.45, 7) is 3.55. The number of pyridine rings is 1. The molecule has 0 saturated carbocycles. The van der Waals surface area contributed by atoms with Gasteiger partial charge in [0.2, 0.25) is 0 Å². The third-order valence-corrected chi connectivity index (χ3v) is 2.05.